The maximum absolute atomic E-state index is 12.8. The number of hydrogen-bond acceptors (Lipinski definition) is 2. The van der Waals surface area contributed by atoms with Gasteiger partial charge in [-0.25, -0.2) is 4.39 Å². The van der Waals surface area contributed by atoms with Gasteiger partial charge in [0.2, 0.25) is 0 Å². The zero-order valence-corrected chi connectivity index (χ0v) is 11.7. The second-order valence-electron chi connectivity index (χ2n) is 4.99. The Labute approximate surface area is 113 Å². The molecular weight excluding hydrogens is 241 g/mol. The molecule has 0 aliphatic carbocycles. The number of aryl methyl sites for hydroxylation is 1. The summed E-state index contributed by atoms with van der Waals surface area (Å²) < 4.78 is 14.7. The van der Waals surface area contributed by atoms with Crippen molar-refractivity contribution in [1.82, 2.24) is 15.1 Å². The second kappa shape index (κ2) is 5.97. The highest BCUT2D eigenvalue weighted by molar-refractivity contribution is 5.18. The smallest absolute Gasteiger partial charge is 0.123 e. The molecule has 1 unspecified atom stereocenters. The summed E-state index contributed by atoms with van der Waals surface area (Å²) in [5.41, 5.74) is 3.54. The average Bonchev–Trinajstić information content (AvgIpc) is 2.70. The first-order valence-electron chi connectivity index (χ1n) is 6.51. The molecule has 0 saturated carbocycles. The lowest BCUT2D eigenvalue weighted by atomic mass is 10.1. The molecule has 2 rings (SSSR count). The van der Waals surface area contributed by atoms with Gasteiger partial charge in [-0.05, 0) is 38.0 Å². The summed E-state index contributed by atoms with van der Waals surface area (Å²) in [5.74, 6) is -0.185. The highest BCUT2D eigenvalue weighted by Gasteiger charge is 2.07. The van der Waals surface area contributed by atoms with Crippen LogP contribution in [-0.4, -0.2) is 15.8 Å². The zero-order valence-electron chi connectivity index (χ0n) is 11.7. The van der Waals surface area contributed by atoms with E-state index in [4.69, 9.17) is 0 Å². The van der Waals surface area contributed by atoms with Crippen LogP contribution in [0.3, 0.4) is 0 Å². The Morgan fingerprint density at radius 1 is 1.32 bits per heavy atom. The SMILES string of the molecule is Cc1c(CNC(C)Cc2ccc(F)cc2)cnn1C. The van der Waals surface area contributed by atoms with Gasteiger partial charge in [0, 0.05) is 30.9 Å². The molecule has 1 aromatic heterocycles. The fraction of sp³-hybridized carbons (Fsp3) is 0.400. The third-order valence-corrected chi connectivity index (χ3v) is 3.43. The molecule has 1 aromatic carbocycles. The third kappa shape index (κ3) is 3.64. The van der Waals surface area contributed by atoms with E-state index in [2.05, 4.69) is 24.3 Å². The Hall–Kier alpha value is -1.68. The van der Waals surface area contributed by atoms with E-state index in [0.29, 0.717) is 6.04 Å². The number of halogens is 1. The highest BCUT2D eigenvalue weighted by Crippen LogP contribution is 2.08. The Morgan fingerprint density at radius 3 is 2.58 bits per heavy atom. The molecule has 0 radical (unpaired) electrons. The monoisotopic (exact) mass is 261 g/mol. The van der Waals surface area contributed by atoms with Crippen molar-refractivity contribution in [2.75, 3.05) is 0 Å². The van der Waals surface area contributed by atoms with Gasteiger partial charge in [-0.2, -0.15) is 5.10 Å². The van der Waals surface area contributed by atoms with Gasteiger partial charge < -0.3 is 5.32 Å². The summed E-state index contributed by atoms with van der Waals surface area (Å²) in [6.45, 7) is 5.01. The van der Waals surface area contributed by atoms with Crippen molar-refractivity contribution in [1.29, 1.82) is 0 Å². The minimum atomic E-state index is -0.185. The van der Waals surface area contributed by atoms with Crippen LogP contribution in [0.25, 0.3) is 0 Å². The predicted molar refractivity (Wildman–Crippen MR) is 74.4 cm³/mol. The molecule has 0 aliphatic heterocycles. The molecule has 1 atom stereocenters. The average molecular weight is 261 g/mol. The van der Waals surface area contributed by atoms with Crippen LogP contribution in [0.4, 0.5) is 4.39 Å². The van der Waals surface area contributed by atoms with Crippen molar-refractivity contribution >= 4 is 0 Å². The summed E-state index contributed by atoms with van der Waals surface area (Å²) in [7, 11) is 1.95. The van der Waals surface area contributed by atoms with Gasteiger partial charge in [-0.3, -0.25) is 4.68 Å². The summed E-state index contributed by atoms with van der Waals surface area (Å²) in [5, 5.41) is 7.69. The molecule has 1 N–H and O–H groups in total. The molecular formula is C15H20FN3. The lowest BCUT2D eigenvalue weighted by Gasteiger charge is -2.13. The number of benzene rings is 1. The summed E-state index contributed by atoms with van der Waals surface area (Å²) in [6, 6.07) is 7.02. The number of hydrogen-bond donors (Lipinski definition) is 1. The second-order valence-corrected chi connectivity index (χ2v) is 4.99. The first kappa shape index (κ1) is 13.7. The van der Waals surface area contributed by atoms with Crippen molar-refractivity contribution < 1.29 is 4.39 Å². The van der Waals surface area contributed by atoms with Crippen molar-refractivity contribution in [3.05, 3.63) is 53.1 Å². The molecule has 19 heavy (non-hydrogen) atoms. The first-order valence-corrected chi connectivity index (χ1v) is 6.51. The van der Waals surface area contributed by atoms with Gasteiger partial charge in [0.05, 0.1) is 6.20 Å². The van der Waals surface area contributed by atoms with E-state index in [1.807, 2.05) is 30.1 Å². The standard InChI is InChI=1S/C15H20FN3/c1-11(8-13-4-6-15(16)7-5-13)17-9-14-10-18-19(3)12(14)2/h4-7,10-11,17H,8-9H2,1-3H3. The van der Waals surface area contributed by atoms with Crippen molar-refractivity contribution in [3.8, 4) is 0 Å². The zero-order chi connectivity index (χ0) is 13.8. The van der Waals surface area contributed by atoms with E-state index in [0.717, 1.165) is 18.5 Å². The first-order chi connectivity index (χ1) is 9.06. The van der Waals surface area contributed by atoms with Crippen LogP contribution < -0.4 is 5.32 Å². The van der Waals surface area contributed by atoms with Crippen LogP contribution in [0, 0.1) is 12.7 Å². The van der Waals surface area contributed by atoms with E-state index in [9.17, 15) is 4.39 Å². The van der Waals surface area contributed by atoms with E-state index in [1.165, 1.54) is 23.4 Å². The summed E-state index contributed by atoms with van der Waals surface area (Å²) in [6.07, 6.45) is 2.78. The van der Waals surface area contributed by atoms with Crippen LogP contribution >= 0.6 is 0 Å². The highest BCUT2D eigenvalue weighted by atomic mass is 19.1. The molecule has 102 valence electrons. The number of nitrogens with one attached hydrogen (secondary N) is 1. The molecule has 0 aliphatic rings. The van der Waals surface area contributed by atoms with Gasteiger partial charge in [-0.1, -0.05) is 12.1 Å². The molecule has 0 fully saturated rings. The lowest BCUT2D eigenvalue weighted by Crippen LogP contribution is -2.27. The molecule has 1 heterocycles. The van der Waals surface area contributed by atoms with Gasteiger partial charge in [-0.15, -0.1) is 0 Å². The molecule has 2 aromatic rings. The predicted octanol–water partition coefficient (Wildman–Crippen LogP) is 2.59. The van der Waals surface area contributed by atoms with E-state index in [1.54, 1.807) is 0 Å². The molecule has 4 heteroatoms. The normalized spacial score (nSPS) is 12.6. The van der Waals surface area contributed by atoms with Crippen LogP contribution in [0.15, 0.2) is 30.5 Å². The minimum absolute atomic E-state index is 0.185. The Balaban J connectivity index is 1.86. The van der Waals surface area contributed by atoms with Crippen LogP contribution in [0.5, 0.6) is 0 Å². The van der Waals surface area contributed by atoms with Gasteiger partial charge in [0.1, 0.15) is 5.82 Å². The summed E-state index contributed by atoms with van der Waals surface area (Å²) >= 11 is 0. The Kier molecular flexibility index (Phi) is 4.32. The van der Waals surface area contributed by atoms with Crippen LogP contribution in [-0.2, 0) is 20.0 Å². The van der Waals surface area contributed by atoms with Gasteiger partial charge >= 0.3 is 0 Å². The fourth-order valence-corrected chi connectivity index (χ4v) is 2.05. The lowest BCUT2D eigenvalue weighted by molar-refractivity contribution is 0.543. The van der Waals surface area contributed by atoms with Crippen LogP contribution in [0.1, 0.15) is 23.7 Å². The maximum atomic E-state index is 12.8. The molecule has 0 amide bonds. The van der Waals surface area contributed by atoms with Gasteiger partial charge in [0.15, 0.2) is 0 Å². The van der Waals surface area contributed by atoms with E-state index >= 15 is 0 Å². The fourth-order valence-electron chi connectivity index (χ4n) is 2.05. The van der Waals surface area contributed by atoms with E-state index < -0.39 is 0 Å². The topological polar surface area (TPSA) is 29.9 Å². The van der Waals surface area contributed by atoms with Crippen molar-refractivity contribution in [2.45, 2.75) is 32.9 Å². The molecule has 0 spiro atoms. The molecule has 3 nitrogen and oxygen atoms in total. The summed E-state index contributed by atoms with van der Waals surface area (Å²) in [4.78, 5) is 0. The Morgan fingerprint density at radius 2 is 2.00 bits per heavy atom. The Bertz CT molecular complexity index is 531. The van der Waals surface area contributed by atoms with E-state index in [-0.39, 0.29) is 5.82 Å². The largest absolute Gasteiger partial charge is 0.310 e. The quantitative estimate of drug-likeness (QED) is 0.896. The molecule has 0 bridgehead atoms. The third-order valence-electron chi connectivity index (χ3n) is 3.43. The molecule has 0 saturated heterocycles. The van der Waals surface area contributed by atoms with Crippen LogP contribution in [0.2, 0.25) is 0 Å². The number of rotatable bonds is 5. The van der Waals surface area contributed by atoms with Crippen molar-refractivity contribution in [3.63, 3.8) is 0 Å². The van der Waals surface area contributed by atoms with Crippen molar-refractivity contribution in [2.24, 2.45) is 7.05 Å². The number of nitrogens with zero attached hydrogens (tertiary/aromatic N) is 2. The minimum Gasteiger partial charge on any atom is -0.310 e. The van der Waals surface area contributed by atoms with Gasteiger partial charge in [0.25, 0.3) is 0 Å². The maximum Gasteiger partial charge on any atom is 0.123 e. The number of aromatic nitrogens is 2.